The summed E-state index contributed by atoms with van der Waals surface area (Å²) in [5, 5.41) is 12.8. The highest BCUT2D eigenvalue weighted by atomic mass is 32.2. The molecule has 1 heterocycles. The van der Waals surface area contributed by atoms with E-state index in [-0.39, 0.29) is 11.2 Å². The van der Waals surface area contributed by atoms with Crippen LogP contribution in [-0.4, -0.2) is 16.1 Å². The Morgan fingerprint density at radius 1 is 1.22 bits per heavy atom. The van der Waals surface area contributed by atoms with Crippen LogP contribution >= 0.6 is 11.8 Å². The van der Waals surface area contributed by atoms with Gasteiger partial charge in [0.05, 0.1) is 10.8 Å². The van der Waals surface area contributed by atoms with Gasteiger partial charge in [-0.05, 0) is 62.8 Å². The molecule has 1 amide bonds. The average Bonchev–Trinajstić information content (AvgIpc) is 2.66. The van der Waals surface area contributed by atoms with Crippen LogP contribution < -0.4 is 5.32 Å². The van der Waals surface area contributed by atoms with Gasteiger partial charge >= 0.3 is 0 Å². The minimum atomic E-state index is -0.365. The van der Waals surface area contributed by atoms with Crippen molar-refractivity contribution in [3.05, 3.63) is 52.2 Å². The quantitative estimate of drug-likeness (QED) is 0.670. The normalized spacial score (nSPS) is 12.9. The van der Waals surface area contributed by atoms with Crippen LogP contribution in [0.3, 0.4) is 0 Å². The summed E-state index contributed by atoms with van der Waals surface area (Å²) >= 11 is 1.33. The summed E-state index contributed by atoms with van der Waals surface area (Å²) in [5.41, 5.74) is 5.40. The van der Waals surface area contributed by atoms with Crippen molar-refractivity contribution in [3.8, 4) is 6.07 Å². The molecule has 0 bridgehead atoms. The van der Waals surface area contributed by atoms with Gasteiger partial charge in [-0.2, -0.15) is 5.26 Å². The van der Waals surface area contributed by atoms with Crippen molar-refractivity contribution < 1.29 is 4.79 Å². The maximum atomic E-state index is 12.8. The van der Waals surface area contributed by atoms with Gasteiger partial charge in [-0.25, -0.2) is 4.98 Å². The number of para-hydroxylation sites is 1. The molecule has 142 valence electrons. The standard InChI is InChI=1S/C22H27N3OS/c1-7-13(2)18-10-8-9-11-20(18)25-21(26)17(6)27-22-19(12-23)15(4)14(3)16(5)24-22/h8-11,13,17H,7H2,1-6H3,(H,25,26)/t13-,17-/m0/s1. The first-order valence-electron chi connectivity index (χ1n) is 9.24. The number of hydrogen-bond donors (Lipinski definition) is 1. The zero-order valence-corrected chi connectivity index (χ0v) is 17.7. The van der Waals surface area contributed by atoms with Gasteiger partial charge in [-0.15, -0.1) is 0 Å². The van der Waals surface area contributed by atoms with Crippen molar-refractivity contribution in [2.24, 2.45) is 0 Å². The molecule has 0 fully saturated rings. The lowest BCUT2D eigenvalue weighted by Gasteiger charge is -2.18. The molecule has 2 aromatic rings. The minimum absolute atomic E-state index is 0.0858. The van der Waals surface area contributed by atoms with E-state index in [1.807, 2.05) is 45.9 Å². The molecule has 0 spiro atoms. The number of thioether (sulfide) groups is 1. The Morgan fingerprint density at radius 2 is 1.89 bits per heavy atom. The molecule has 4 nitrogen and oxygen atoms in total. The van der Waals surface area contributed by atoms with Crippen molar-refractivity contribution in [2.75, 3.05) is 5.32 Å². The van der Waals surface area contributed by atoms with Gasteiger partial charge in [0.15, 0.2) is 0 Å². The predicted octanol–water partition coefficient (Wildman–Crippen LogP) is 5.51. The van der Waals surface area contributed by atoms with Crippen LogP contribution in [0.2, 0.25) is 0 Å². The summed E-state index contributed by atoms with van der Waals surface area (Å²) in [7, 11) is 0. The van der Waals surface area contributed by atoms with Gasteiger partial charge in [0.2, 0.25) is 5.91 Å². The van der Waals surface area contributed by atoms with E-state index in [2.05, 4.69) is 36.3 Å². The van der Waals surface area contributed by atoms with Crippen LogP contribution in [0.5, 0.6) is 0 Å². The Kier molecular flexibility index (Phi) is 7.04. The molecule has 0 saturated carbocycles. The highest BCUT2D eigenvalue weighted by molar-refractivity contribution is 8.00. The molecule has 2 atom stereocenters. The first-order chi connectivity index (χ1) is 12.8. The van der Waals surface area contributed by atoms with Crippen LogP contribution in [0.25, 0.3) is 0 Å². The number of anilines is 1. The Bertz CT molecular complexity index is 886. The van der Waals surface area contributed by atoms with Gasteiger partial charge in [-0.3, -0.25) is 4.79 Å². The molecule has 0 radical (unpaired) electrons. The molecule has 5 heteroatoms. The Balaban J connectivity index is 2.22. The van der Waals surface area contributed by atoms with Gasteiger partial charge in [0, 0.05) is 11.4 Å². The van der Waals surface area contributed by atoms with Crippen LogP contribution in [-0.2, 0) is 4.79 Å². The van der Waals surface area contributed by atoms with Crippen LogP contribution in [0.4, 0.5) is 5.69 Å². The second-order valence-electron chi connectivity index (χ2n) is 6.89. The predicted molar refractivity (Wildman–Crippen MR) is 112 cm³/mol. The second-order valence-corrected chi connectivity index (χ2v) is 8.21. The van der Waals surface area contributed by atoms with Crippen LogP contribution in [0.1, 0.15) is 61.1 Å². The van der Waals surface area contributed by atoms with E-state index in [0.29, 0.717) is 16.5 Å². The molecule has 27 heavy (non-hydrogen) atoms. The second kappa shape index (κ2) is 9.05. The van der Waals surface area contributed by atoms with E-state index in [1.54, 1.807) is 0 Å². The topological polar surface area (TPSA) is 65.8 Å². The number of aromatic nitrogens is 1. The number of nitriles is 1. The lowest BCUT2D eigenvalue weighted by molar-refractivity contribution is -0.115. The zero-order valence-electron chi connectivity index (χ0n) is 16.9. The number of nitrogens with one attached hydrogen (secondary N) is 1. The van der Waals surface area contributed by atoms with Crippen molar-refractivity contribution in [2.45, 2.75) is 64.2 Å². The van der Waals surface area contributed by atoms with Gasteiger partial charge < -0.3 is 5.32 Å². The maximum absolute atomic E-state index is 12.8. The molecule has 1 N–H and O–H groups in total. The molecule has 0 aliphatic carbocycles. The maximum Gasteiger partial charge on any atom is 0.237 e. The van der Waals surface area contributed by atoms with E-state index in [0.717, 1.165) is 34.5 Å². The number of nitrogens with zero attached hydrogens (tertiary/aromatic N) is 2. The van der Waals surface area contributed by atoms with Gasteiger partial charge in [0.1, 0.15) is 11.1 Å². The number of aryl methyl sites for hydroxylation is 1. The molecule has 0 saturated heterocycles. The summed E-state index contributed by atoms with van der Waals surface area (Å²) < 4.78 is 0. The highest BCUT2D eigenvalue weighted by Gasteiger charge is 2.21. The molecule has 2 rings (SSSR count). The van der Waals surface area contributed by atoms with Crippen molar-refractivity contribution >= 4 is 23.4 Å². The Morgan fingerprint density at radius 3 is 2.52 bits per heavy atom. The minimum Gasteiger partial charge on any atom is -0.325 e. The van der Waals surface area contributed by atoms with Gasteiger partial charge in [0.25, 0.3) is 0 Å². The van der Waals surface area contributed by atoms with Crippen molar-refractivity contribution in [3.63, 3.8) is 0 Å². The molecule has 0 aliphatic heterocycles. The van der Waals surface area contributed by atoms with E-state index in [4.69, 9.17) is 0 Å². The number of benzene rings is 1. The fraction of sp³-hybridized carbons (Fsp3) is 0.409. The number of pyridine rings is 1. The average molecular weight is 382 g/mol. The van der Waals surface area contributed by atoms with E-state index < -0.39 is 0 Å². The lowest BCUT2D eigenvalue weighted by atomic mass is 9.97. The number of carbonyl (C=O) groups is 1. The van der Waals surface area contributed by atoms with Crippen LogP contribution in [0.15, 0.2) is 29.3 Å². The molecule has 1 aromatic carbocycles. The van der Waals surface area contributed by atoms with Crippen LogP contribution in [0, 0.1) is 32.1 Å². The van der Waals surface area contributed by atoms with E-state index in [1.165, 1.54) is 11.8 Å². The fourth-order valence-corrected chi connectivity index (χ4v) is 3.85. The monoisotopic (exact) mass is 381 g/mol. The first kappa shape index (κ1) is 21.0. The molecule has 1 aromatic heterocycles. The Labute approximate surface area is 166 Å². The molecule has 0 aliphatic rings. The summed E-state index contributed by atoms with van der Waals surface area (Å²) in [5.74, 6) is 0.288. The Hall–Kier alpha value is -2.32. The number of rotatable bonds is 6. The third kappa shape index (κ3) is 4.70. The third-order valence-corrected chi connectivity index (χ3v) is 6.18. The lowest BCUT2D eigenvalue weighted by Crippen LogP contribution is -2.23. The molecule has 0 unspecified atom stereocenters. The summed E-state index contributed by atoms with van der Waals surface area (Å²) in [6.07, 6.45) is 1.01. The fourth-order valence-electron chi connectivity index (χ4n) is 2.84. The third-order valence-electron chi connectivity index (χ3n) is 5.09. The first-order valence-corrected chi connectivity index (χ1v) is 10.1. The summed E-state index contributed by atoms with van der Waals surface area (Å²) in [6.45, 7) is 12.0. The zero-order chi connectivity index (χ0) is 20.1. The number of hydrogen-bond acceptors (Lipinski definition) is 4. The highest BCUT2D eigenvalue weighted by Crippen LogP contribution is 2.31. The number of amides is 1. The van der Waals surface area contributed by atoms with Crippen molar-refractivity contribution in [1.29, 1.82) is 5.26 Å². The largest absolute Gasteiger partial charge is 0.325 e. The number of carbonyl (C=O) groups excluding carboxylic acids is 1. The van der Waals surface area contributed by atoms with E-state index in [9.17, 15) is 10.1 Å². The molecular formula is C22H27N3OS. The smallest absolute Gasteiger partial charge is 0.237 e. The summed E-state index contributed by atoms with van der Waals surface area (Å²) in [6, 6.07) is 10.2. The molecular weight excluding hydrogens is 354 g/mol. The van der Waals surface area contributed by atoms with Crippen molar-refractivity contribution in [1.82, 2.24) is 4.98 Å². The summed E-state index contributed by atoms with van der Waals surface area (Å²) in [4.78, 5) is 17.3. The van der Waals surface area contributed by atoms with Gasteiger partial charge in [-0.1, -0.05) is 43.8 Å². The SMILES string of the molecule is CC[C@H](C)c1ccccc1NC(=O)[C@H](C)Sc1nc(C)c(C)c(C)c1C#N. The van der Waals surface area contributed by atoms with E-state index >= 15 is 0 Å².